The number of benzene rings is 1. The smallest absolute Gasteiger partial charge is 0.198 e. The van der Waals surface area contributed by atoms with Gasteiger partial charge in [-0.3, -0.25) is 4.57 Å². The van der Waals surface area contributed by atoms with Crippen LogP contribution in [-0.2, 0) is 6.54 Å². The van der Waals surface area contributed by atoms with E-state index in [9.17, 15) is 0 Å². The zero-order valence-corrected chi connectivity index (χ0v) is 15.6. The predicted molar refractivity (Wildman–Crippen MR) is 98.5 cm³/mol. The van der Waals surface area contributed by atoms with Crippen LogP contribution in [0.2, 0.25) is 0 Å². The van der Waals surface area contributed by atoms with Crippen LogP contribution in [-0.4, -0.2) is 24.1 Å². The summed E-state index contributed by atoms with van der Waals surface area (Å²) in [6.45, 7) is 10.7. The molecule has 0 saturated heterocycles. The van der Waals surface area contributed by atoms with E-state index in [-0.39, 0.29) is 0 Å². The average molecular weight is 358 g/mol. The van der Waals surface area contributed by atoms with Gasteiger partial charge in [0.25, 0.3) is 0 Å². The second kappa shape index (κ2) is 7.27. The van der Waals surface area contributed by atoms with E-state index in [4.69, 9.17) is 0 Å². The summed E-state index contributed by atoms with van der Waals surface area (Å²) in [4.78, 5) is 4.56. The van der Waals surface area contributed by atoms with Crippen LogP contribution in [0, 0.1) is 6.92 Å². The van der Waals surface area contributed by atoms with Gasteiger partial charge in [-0.25, -0.2) is 4.98 Å². The van der Waals surface area contributed by atoms with Crippen molar-refractivity contribution in [3.05, 3.63) is 48.3 Å². The van der Waals surface area contributed by atoms with Crippen molar-refractivity contribution in [1.29, 1.82) is 0 Å². The van der Waals surface area contributed by atoms with E-state index < -0.39 is 0 Å². The highest BCUT2D eigenvalue weighted by Gasteiger charge is 2.17. The maximum absolute atomic E-state index is 4.56. The molecule has 0 atom stereocenters. The molecule has 0 saturated carbocycles. The molecule has 5 nitrogen and oxygen atoms in total. The van der Waals surface area contributed by atoms with Crippen LogP contribution in [0.15, 0.2) is 46.4 Å². The standard InChI is InChI=1S/C17H19N5S2/c1-5-10-22-15(13-8-6-12(4)7-9-13)19-20-16(22)23-17-18-14(11(2)3)21-24-17/h5-9,11H,1,10H2,2-4H3. The van der Waals surface area contributed by atoms with Crippen LogP contribution in [0.25, 0.3) is 11.4 Å². The lowest BCUT2D eigenvalue weighted by Gasteiger charge is -2.07. The number of aromatic nitrogens is 5. The van der Waals surface area contributed by atoms with Crippen molar-refractivity contribution in [2.45, 2.75) is 42.7 Å². The van der Waals surface area contributed by atoms with Gasteiger partial charge in [0, 0.05) is 18.0 Å². The van der Waals surface area contributed by atoms with Crippen molar-refractivity contribution in [3.63, 3.8) is 0 Å². The van der Waals surface area contributed by atoms with Crippen LogP contribution in [0.1, 0.15) is 31.2 Å². The quantitative estimate of drug-likeness (QED) is 0.605. The zero-order valence-electron chi connectivity index (χ0n) is 13.9. The Hall–Kier alpha value is -1.99. The molecule has 0 aliphatic carbocycles. The normalized spacial score (nSPS) is 11.2. The van der Waals surface area contributed by atoms with Gasteiger partial charge in [-0.1, -0.05) is 49.8 Å². The first-order valence-corrected chi connectivity index (χ1v) is 9.30. The first-order valence-electron chi connectivity index (χ1n) is 7.71. The fraction of sp³-hybridized carbons (Fsp3) is 0.294. The van der Waals surface area contributed by atoms with E-state index in [0.29, 0.717) is 12.5 Å². The highest BCUT2D eigenvalue weighted by atomic mass is 32.2. The number of aryl methyl sites for hydroxylation is 1. The van der Waals surface area contributed by atoms with Crippen LogP contribution in [0.5, 0.6) is 0 Å². The minimum atomic E-state index is 0.324. The molecular formula is C17H19N5S2. The Labute approximate surface area is 150 Å². The number of hydrogen-bond acceptors (Lipinski definition) is 6. The first kappa shape index (κ1) is 16.9. The first-order chi connectivity index (χ1) is 11.6. The van der Waals surface area contributed by atoms with E-state index in [1.54, 1.807) is 0 Å². The van der Waals surface area contributed by atoms with Crippen LogP contribution < -0.4 is 0 Å². The zero-order chi connectivity index (χ0) is 17.1. The monoisotopic (exact) mass is 357 g/mol. The fourth-order valence-electron chi connectivity index (χ4n) is 2.15. The molecule has 0 aliphatic rings. The Bertz CT molecular complexity index is 833. The van der Waals surface area contributed by atoms with Crippen molar-refractivity contribution in [2.75, 3.05) is 0 Å². The summed E-state index contributed by atoms with van der Waals surface area (Å²) in [5.41, 5.74) is 2.26. The van der Waals surface area contributed by atoms with Gasteiger partial charge in [-0.15, -0.1) is 16.8 Å². The summed E-state index contributed by atoms with van der Waals surface area (Å²) >= 11 is 2.90. The summed E-state index contributed by atoms with van der Waals surface area (Å²) in [6, 6.07) is 8.29. The molecule has 3 aromatic rings. The van der Waals surface area contributed by atoms with Crippen molar-refractivity contribution in [2.24, 2.45) is 0 Å². The average Bonchev–Trinajstić information content (AvgIpc) is 3.17. The predicted octanol–water partition coefficient (Wildman–Crippen LogP) is 4.57. The molecule has 0 spiro atoms. The second-order valence-corrected chi connectivity index (χ2v) is 7.71. The summed E-state index contributed by atoms with van der Waals surface area (Å²) in [6.07, 6.45) is 1.85. The molecule has 1 aromatic carbocycles. The Morgan fingerprint density at radius 1 is 1.25 bits per heavy atom. The lowest BCUT2D eigenvalue weighted by Crippen LogP contribution is -2.00. The fourth-order valence-corrected chi connectivity index (χ4v) is 3.84. The number of nitrogens with zero attached hydrogens (tertiary/aromatic N) is 5. The van der Waals surface area contributed by atoms with Gasteiger partial charge in [-0.05, 0) is 30.2 Å². The highest BCUT2D eigenvalue weighted by Crippen LogP contribution is 2.31. The largest absolute Gasteiger partial charge is 0.298 e. The van der Waals surface area contributed by atoms with Crippen LogP contribution in [0.4, 0.5) is 0 Å². The summed E-state index contributed by atoms with van der Waals surface area (Å²) in [7, 11) is 0. The molecule has 2 heterocycles. The molecule has 7 heteroatoms. The SMILES string of the molecule is C=CCn1c(Sc2nc(C(C)C)ns2)nnc1-c1ccc(C)cc1. The minimum Gasteiger partial charge on any atom is -0.298 e. The molecule has 0 aliphatic heterocycles. The lowest BCUT2D eigenvalue weighted by molar-refractivity contribution is 0.730. The van der Waals surface area contributed by atoms with E-state index in [0.717, 1.165) is 26.7 Å². The van der Waals surface area contributed by atoms with Gasteiger partial charge in [0.15, 0.2) is 15.3 Å². The van der Waals surface area contributed by atoms with Crippen molar-refractivity contribution >= 4 is 23.3 Å². The van der Waals surface area contributed by atoms with Gasteiger partial charge in [0.1, 0.15) is 5.82 Å². The van der Waals surface area contributed by atoms with Crippen LogP contribution in [0.3, 0.4) is 0 Å². The van der Waals surface area contributed by atoms with Gasteiger partial charge < -0.3 is 0 Å². The Kier molecular flexibility index (Phi) is 5.11. The molecule has 24 heavy (non-hydrogen) atoms. The molecule has 0 fully saturated rings. The van der Waals surface area contributed by atoms with E-state index >= 15 is 0 Å². The molecule has 3 rings (SSSR count). The summed E-state index contributed by atoms with van der Waals surface area (Å²) in [5.74, 6) is 2.03. The second-order valence-electron chi connectivity index (χ2n) is 5.75. The maximum Gasteiger partial charge on any atom is 0.198 e. The molecule has 0 radical (unpaired) electrons. The topological polar surface area (TPSA) is 56.5 Å². The third-order valence-electron chi connectivity index (χ3n) is 3.46. The third kappa shape index (κ3) is 3.57. The molecule has 0 amide bonds. The van der Waals surface area contributed by atoms with Gasteiger partial charge in [0.05, 0.1) is 0 Å². The molecule has 0 bridgehead atoms. The van der Waals surface area contributed by atoms with Gasteiger partial charge in [0.2, 0.25) is 0 Å². The highest BCUT2D eigenvalue weighted by molar-refractivity contribution is 8.00. The maximum atomic E-state index is 4.56. The number of hydrogen-bond donors (Lipinski definition) is 0. The van der Waals surface area contributed by atoms with Crippen molar-refractivity contribution in [3.8, 4) is 11.4 Å². The Morgan fingerprint density at radius 3 is 2.62 bits per heavy atom. The molecule has 0 unspecified atom stereocenters. The number of rotatable bonds is 6. The molecule has 0 N–H and O–H groups in total. The Morgan fingerprint density at radius 2 is 2.00 bits per heavy atom. The lowest BCUT2D eigenvalue weighted by atomic mass is 10.1. The minimum absolute atomic E-state index is 0.324. The van der Waals surface area contributed by atoms with Gasteiger partial charge >= 0.3 is 0 Å². The summed E-state index contributed by atoms with van der Waals surface area (Å²) in [5, 5.41) is 9.53. The van der Waals surface area contributed by atoms with E-state index in [1.165, 1.54) is 28.9 Å². The van der Waals surface area contributed by atoms with Gasteiger partial charge in [-0.2, -0.15) is 4.37 Å². The molecule has 2 aromatic heterocycles. The Balaban J connectivity index is 1.93. The van der Waals surface area contributed by atoms with Crippen LogP contribution >= 0.6 is 23.3 Å². The number of allylic oxidation sites excluding steroid dienone is 1. The molecule has 124 valence electrons. The molecular weight excluding hydrogens is 338 g/mol. The van der Waals surface area contributed by atoms with Crippen molar-refractivity contribution < 1.29 is 0 Å². The van der Waals surface area contributed by atoms with E-state index in [2.05, 4.69) is 75.7 Å². The van der Waals surface area contributed by atoms with Crippen molar-refractivity contribution in [1.82, 2.24) is 24.1 Å². The summed E-state index contributed by atoms with van der Waals surface area (Å²) < 4.78 is 7.33. The third-order valence-corrected chi connectivity index (χ3v) is 5.21. The van der Waals surface area contributed by atoms with E-state index in [1.807, 2.05) is 6.08 Å².